The number of nitrogens with one attached hydrogen (secondary N) is 2. The fraction of sp³-hybridized carbons (Fsp3) is 0.310. The van der Waals surface area contributed by atoms with Crippen molar-refractivity contribution in [1.82, 2.24) is 14.8 Å². The molecule has 0 spiro atoms. The lowest BCUT2D eigenvalue weighted by atomic mass is 9.95. The van der Waals surface area contributed by atoms with Crippen LogP contribution in [0, 0.1) is 6.92 Å². The van der Waals surface area contributed by atoms with Crippen molar-refractivity contribution in [3.8, 4) is 5.69 Å². The third-order valence-electron chi connectivity index (χ3n) is 6.59. The number of aromatic nitrogens is 3. The van der Waals surface area contributed by atoms with E-state index in [-0.39, 0.29) is 18.3 Å². The second-order valence-electron chi connectivity index (χ2n) is 9.34. The molecule has 0 atom stereocenters. The van der Waals surface area contributed by atoms with E-state index in [0.717, 1.165) is 53.6 Å². The Morgan fingerprint density at radius 3 is 2.59 bits per heavy atom. The Bertz CT molecular complexity index is 1450. The zero-order valence-electron chi connectivity index (χ0n) is 22.0. The van der Waals surface area contributed by atoms with E-state index >= 15 is 0 Å². The SMILES string of the molecule is COC(=O)c1c(NC(=O)CCSc2nnc(CNc3ccc(C)cc3)n2-c2ccccc2)sc2c1CCCC2. The number of hydrogen-bond donors (Lipinski definition) is 2. The summed E-state index contributed by atoms with van der Waals surface area (Å²) in [4.78, 5) is 26.6. The Labute approximate surface area is 236 Å². The molecule has 8 nitrogen and oxygen atoms in total. The van der Waals surface area contributed by atoms with Crippen LogP contribution in [-0.4, -0.2) is 39.5 Å². The molecule has 0 saturated heterocycles. The van der Waals surface area contributed by atoms with Crippen molar-refractivity contribution in [3.05, 3.63) is 82.0 Å². The summed E-state index contributed by atoms with van der Waals surface area (Å²) in [6.45, 7) is 2.57. The minimum absolute atomic E-state index is 0.140. The number of hydrogen-bond acceptors (Lipinski definition) is 8. The molecule has 2 N–H and O–H groups in total. The number of methoxy groups -OCH3 is 1. The number of rotatable bonds is 10. The number of carbonyl (C=O) groups is 2. The van der Waals surface area contributed by atoms with Crippen molar-refractivity contribution in [2.45, 2.75) is 50.7 Å². The predicted molar refractivity (Wildman–Crippen MR) is 156 cm³/mol. The van der Waals surface area contributed by atoms with E-state index in [0.29, 0.717) is 22.9 Å². The lowest BCUT2D eigenvalue weighted by Gasteiger charge is -2.12. The van der Waals surface area contributed by atoms with Crippen molar-refractivity contribution in [1.29, 1.82) is 0 Å². The first-order chi connectivity index (χ1) is 19.0. The van der Waals surface area contributed by atoms with Gasteiger partial charge in [0, 0.05) is 28.4 Å². The fourth-order valence-electron chi connectivity index (χ4n) is 4.59. The molecular weight excluding hydrogens is 530 g/mol. The second kappa shape index (κ2) is 12.5. The van der Waals surface area contributed by atoms with E-state index in [1.807, 2.05) is 47.0 Å². The summed E-state index contributed by atoms with van der Waals surface area (Å²) in [6.07, 6.45) is 4.20. The van der Waals surface area contributed by atoms with Gasteiger partial charge in [0.1, 0.15) is 5.00 Å². The number of fused-ring (bicyclic) bond motifs is 1. The molecule has 1 amide bonds. The third kappa shape index (κ3) is 6.34. The standard InChI is InChI=1S/C29H31N5O3S2/c1-19-12-14-20(15-13-19)30-18-24-32-33-29(34(24)21-8-4-3-5-9-21)38-17-16-25(35)31-27-26(28(36)37-2)22-10-6-7-11-23(22)39-27/h3-5,8-9,12-15,30H,6-7,10-11,16-18H2,1-2H3,(H,31,35). The number of aryl methyl sites for hydroxylation is 2. The number of nitrogens with zero attached hydrogens (tertiary/aromatic N) is 3. The van der Waals surface area contributed by atoms with Gasteiger partial charge in [-0.3, -0.25) is 9.36 Å². The van der Waals surface area contributed by atoms with Gasteiger partial charge in [0.25, 0.3) is 0 Å². The Hall–Kier alpha value is -3.63. The molecule has 0 radical (unpaired) electrons. The molecule has 0 unspecified atom stereocenters. The van der Waals surface area contributed by atoms with Crippen LogP contribution in [0.5, 0.6) is 0 Å². The van der Waals surface area contributed by atoms with Gasteiger partial charge < -0.3 is 15.4 Å². The van der Waals surface area contributed by atoms with E-state index in [2.05, 4.69) is 39.9 Å². The molecule has 0 fully saturated rings. The third-order valence-corrected chi connectivity index (χ3v) is 8.73. The molecule has 1 aliphatic carbocycles. The average Bonchev–Trinajstić information content (AvgIpc) is 3.53. The minimum atomic E-state index is -0.387. The molecule has 0 aliphatic heterocycles. The Morgan fingerprint density at radius 1 is 1.05 bits per heavy atom. The number of carbonyl (C=O) groups excluding carboxylic acids is 2. The van der Waals surface area contributed by atoms with E-state index < -0.39 is 0 Å². The van der Waals surface area contributed by atoms with Crippen molar-refractivity contribution in [2.24, 2.45) is 0 Å². The highest BCUT2D eigenvalue weighted by Gasteiger charge is 2.27. The van der Waals surface area contributed by atoms with Crippen LogP contribution < -0.4 is 10.6 Å². The van der Waals surface area contributed by atoms with Gasteiger partial charge in [-0.2, -0.15) is 0 Å². The first-order valence-corrected chi connectivity index (χ1v) is 14.8. The molecule has 5 rings (SSSR count). The number of anilines is 2. The Balaban J connectivity index is 1.26. The van der Waals surface area contributed by atoms with Crippen LogP contribution in [0.15, 0.2) is 59.8 Å². The summed E-state index contributed by atoms with van der Waals surface area (Å²) in [5.74, 6) is 0.765. The summed E-state index contributed by atoms with van der Waals surface area (Å²) < 4.78 is 7.04. The normalized spacial score (nSPS) is 12.6. The monoisotopic (exact) mass is 561 g/mol. The molecule has 0 bridgehead atoms. The van der Waals surface area contributed by atoms with Gasteiger partial charge in [-0.25, -0.2) is 4.79 Å². The quantitative estimate of drug-likeness (QED) is 0.180. The molecule has 2 heterocycles. The maximum Gasteiger partial charge on any atom is 0.341 e. The van der Waals surface area contributed by atoms with Crippen molar-refractivity contribution >= 4 is 45.7 Å². The molecule has 10 heteroatoms. The smallest absolute Gasteiger partial charge is 0.341 e. The highest BCUT2D eigenvalue weighted by molar-refractivity contribution is 7.99. The highest BCUT2D eigenvalue weighted by Crippen LogP contribution is 2.38. The van der Waals surface area contributed by atoms with E-state index in [1.165, 1.54) is 40.6 Å². The number of esters is 1. The van der Waals surface area contributed by atoms with Gasteiger partial charge in [-0.15, -0.1) is 21.5 Å². The molecule has 202 valence electrons. The Kier molecular flexibility index (Phi) is 8.63. The van der Waals surface area contributed by atoms with Crippen LogP contribution in [0.2, 0.25) is 0 Å². The predicted octanol–water partition coefficient (Wildman–Crippen LogP) is 6.04. The maximum atomic E-state index is 12.9. The van der Waals surface area contributed by atoms with Crippen molar-refractivity contribution < 1.29 is 14.3 Å². The van der Waals surface area contributed by atoms with Gasteiger partial charge in [-0.1, -0.05) is 47.7 Å². The summed E-state index contributed by atoms with van der Waals surface area (Å²) >= 11 is 2.98. The minimum Gasteiger partial charge on any atom is -0.465 e. The van der Waals surface area contributed by atoms with Crippen molar-refractivity contribution in [2.75, 3.05) is 23.5 Å². The van der Waals surface area contributed by atoms with Crippen LogP contribution >= 0.6 is 23.1 Å². The van der Waals surface area contributed by atoms with Gasteiger partial charge in [0.05, 0.1) is 19.2 Å². The molecule has 1 aliphatic rings. The molecular formula is C29H31N5O3S2. The van der Waals surface area contributed by atoms with Gasteiger partial charge >= 0.3 is 5.97 Å². The van der Waals surface area contributed by atoms with Crippen LogP contribution in [-0.2, 0) is 28.9 Å². The first-order valence-electron chi connectivity index (χ1n) is 13.0. The second-order valence-corrected chi connectivity index (χ2v) is 11.5. The van der Waals surface area contributed by atoms with E-state index in [4.69, 9.17) is 4.74 Å². The molecule has 2 aromatic heterocycles. The zero-order valence-corrected chi connectivity index (χ0v) is 23.7. The number of amides is 1. The van der Waals surface area contributed by atoms with Gasteiger partial charge in [-0.05, 0) is 62.4 Å². The van der Waals surface area contributed by atoms with Crippen molar-refractivity contribution in [3.63, 3.8) is 0 Å². The fourth-order valence-corrected chi connectivity index (χ4v) is 6.80. The topological polar surface area (TPSA) is 98.1 Å². The highest BCUT2D eigenvalue weighted by atomic mass is 32.2. The summed E-state index contributed by atoms with van der Waals surface area (Å²) in [5, 5.41) is 16.6. The Morgan fingerprint density at radius 2 is 1.82 bits per heavy atom. The van der Waals surface area contributed by atoms with Crippen LogP contribution in [0.1, 0.15) is 51.4 Å². The molecule has 4 aromatic rings. The zero-order chi connectivity index (χ0) is 27.2. The molecule has 0 saturated carbocycles. The van der Waals surface area contributed by atoms with Gasteiger partial charge in [0.15, 0.2) is 11.0 Å². The number of thiophene rings is 1. The van der Waals surface area contributed by atoms with E-state index in [9.17, 15) is 9.59 Å². The number of para-hydroxylation sites is 1. The van der Waals surface area contributed by atoms with Crippen LogP contribution in [0.4, 0.5) is 10.7 Å². The molecule has 39 heavy (non-hydrogen) atoms. The lowest BCUT2D eigenvalue weighted by Crippen LogP contribution is -2.15. The molecule has 2 aromatic carbocycles. The van der Waals surface area contributed by atoms with Crippen LogP contribution in [0.25, 0.3) is 5.69 Å². The van der Waals surface area contributed by atoms with Gasteiger partial charge in [0.2, 0.25) is 5.91 Å². The summed E-state index contributed by atoms with van der Waals surface area (Å²) in [6, 6.07) is 18.2. The summed E-state index contributed by atoms with van der Waals surface area (Å²) in [7, 11) is 1.38. The number of ether oxygens (including phenoxy) is 1. The number of benzene rings is 2. The maximum absolute atomic E-state index is 12.9. The largest absolute Gasteiger partial charge is 0.465 e. The average molecular weight is 562 g/mol. The summed E-state index contributed by atoms with van der Waals surface area (Å²) in [5.41, 5.74) is 4.73. The lowest BCUT2D eigenvalue weighted by molar-refractivity contribution is -0.115. The number of thioether (sulfide) groups is 1. The van der Waals surface area contributed by atoms with E-state index in [1.54, 1.807) is 0 Å². The van der Waals surface area contributed by atoms with Crippen LogP contribution in [0.3, 0.4) is 0 Å². The first kappa shape index (κ1) is 27.0.